The number of nitrogens with one attached hydrogen (secondary N) is 2. The summed E-state index contributed by atoms with van der Waals surface area (Å²) in [6.07, 6.45) is -21.2. The molecular formula is C39H56N2O20. The molecule has 0 radical (unpaired) electrons. The molecule has 61 heavy (non-hydrogen) atoms. The van der Waals surface area contributed by atoms with Crippen LogP contribution < -0.4 is 15.4 Å². The smallest absolute Gasteiger partial charge is 0.335 e. The van der Waals surface area contributed by atoms with Crippen LogP contribution in [0.15, 0.2) is 48.5 Å². The van der Waals surface area contributed by atoms with Gasteiger partial charge in [0.1, 0.15) is 66.7 Å². The van der Waals surface area contributed by atoms with E-state index in [9.17, 15) is 65.4 Å². The highest BCUT2D eigenvalue weighted by molar-refractivity contribution is 5.90. The first-order valence-electron chi connectivity index (χ1n) is 19.4. The molecule has 4 rings (SSSR count). The van der Waals surface area contributed by atoms with Gasteiger partial charge < -0.3 is 94.9 Å². The predicted octanol–water partition coefficient (Wildman–Crippen LogP) is -3.82. The third-order valence-corrected chi connectivity index (χ3v) is 9.71. The quantitative estimate of drug-likeness (QED) is 0.0376. The summed E-state index contributed by atoms with van der Waals surface area (Å²) in [5.74, 6) is -2.16. The number of hydrogen-bond acceptors (Lipinski definition) is 19. The fourth-order valence-electron chi connectivity index (χ4n) is 6.49. The Bertz CT molecular complexity index is 1670. The summed E-state index contributed by atoms with van der Waals surface area (Å²) in [5, 5.41) is 108. The number of rotatable bonds is 23. The van der Waals surface area contributed by atoms with Crippen LogP contribution in [0.3, 0.4) is 0 Å². The third kappa shape index (κ3) is 13.8. The Morgan fingerprint density at radius 1 is 0.836 bits per heavy atom. The lowest BCUT2D eigenvalue weighted by molar-refractivity contribution is -0.366. The highest BCUT2D eigenvalue weighted by Crippen LogP contribution is 2.32. The molecule has 22 heteroatoms. The highest BCUT2D eigenvalue weighted by atomic mass is 16.8. The van der Waals surface area contributed by atoms with Crippen molar-refractivity contribution in [3.05, 3.63) is 54.1 Å². The number of hydrogen-bond donors (Lipinski definition) is 12. The van der Waals surface area contributed by atoms with Crippen LogP contribution in [-0.2, 0) is 38.0 Å². The minimum absolute atomic E-state index is 0.0274. The molecule has 0 saturated carbocycles. The molecule has 2 aromatic rings. The summed E-state index contributed by atoms with van der Waals surface area (Å²) < 4.78 is 39.7. The molecule has 0 bridgehead atoms. The maximum atomic E-state index is 12.6. The lowest BCUT2D eigenvalue weighted by Gasteiger charge is -2.48. The first-order chi connectivity index (χ1) is 29.1. The van der Waals surface area contributed by atoms with Gasteiger partial charge in [0.05, 0.1) is 44.7 Å². The van der Waals surface area contributed by atoms with E-state index in [1.165, 1.54) is 19.1 Å². The van der Waals surface area contributed by atoms with Gasteiger partial charge in [-0.3, -0.25) is 9.59 Å². The standard InChI is InChI=1S/C39H56N2O20/c1-19(46)26(15-43)57-37(25(48)14-42)61-35-31(50)27(16-44)58-39(33(35)52)60-34-28(17-45)59-38(30(32(34)51)41-20(2)47)55-10-6-9-40-29(49)18-56-24-12-22(11-23(13-24)36(53)54)21-7-4-3-5-8-21/h3-5,7-8,11-13,19,25-28,30-35,37-39,42-46,48,50-52H,6,9-10,14-18H2,1-2H3,(H,40,49)(H,41,47)(H,53,54)/t19-,25+,26?,27?,28?,30?,31?,32?,33?,34?,35?,37?,38?,39?/m1/s1. The summed E-state index contributed by atoms with van der Waals surface area (Å²) in [6, 6.07) is 12.1. The number of amides is 2. The largest absolute Gasteiger partial charge is 0.484 e. The number of carbonyl (C=O) groups excluding carboxylic acids is 2. The first kappa shape index (κ1) is 49.7. The Kier molecular flexibility index (Phi) is 19.6. The van der Waals surface area contributed by atoms with Crippen LogP contribution in [0, 0.1) is 0 Å². The number of benzene rings is 2. The summed E-state index contributed by atoms with van der Waals surface area (Å²) in [5.41, 5.74) is 1.31. The molecule has 14 atom stereocenters. The van der Waals surface area contributed by atoms with Gasteiger partial charge in [-0.15, -0.1) is 0 Å². The number of aromatic carboxylic acids is 1. The molecule has 2 aliphatic heterocycles. The molecule has 0 aliphatic carbocycles. The molecule has 0 spiro atoms. The average Bonchev–Trinajstić information content (AvgIpc) is 3.24. The zero-order valence-electron chi connectivity index (χ0n) is 33.4. The Morgan fingerprint density at radius 2 is 1.52 bits per heavy atom. The summed E-state index contributed by atoms with van der Waals surface area (Å²) in [7, 11) is 0. The molecular weight excluding hydrogens is 816 g/mol. The lowest BCUT2D eigenvalue weighted by Crippen LogP contribution is -2.68. The number of aliphatic hydroxyl groups excluding tert-OH is 9. The van der Waals surface area contributed by atoms with Crippen LogP contribution >= 0.6 is 0 Å². The van der Waals surface area contributed by atoms with Gasteiger partial charge in [-0.05, 0) is 42.7 Å². The fraction of sp³-hybridized carbons (Fsp3) is 0.615. The Hall–Kier alpha value is -3.95. The van der Waals surface area contributed by atoms with Gasteiger partial charge in [0.2, 0.25) is 5.91 Å². The first-order valence-corrected chi connectivity index (χ1v) is 19.4. The van der Waals surface area contributed by atoms with Gasteiger partial charge in [-0.2, -0.15) is 0 Å². The normalized spacial score (nSPS) is 28.6. The second-order valence-corrected chi connectivity index (χ2v) is 14.3. The van der Waals surface area contributed by atoms with Crippen LogP contribution in [0.4, 0.5) is 0 Å². The molecule has 2 aromatic carbocycles. The number of carboxylic acids is 1. The van der Waals surface area contributed by atoms with Crippen molar-refractivity contribution in [3.63, 3.8) is 0 Å². The highest BCUT2D eigenvalue weighted by Gasteiger charge is 2.52. The molecule has 2 heterocycles. The van der Waals surface area contributed by atoms with Crippen molar-refractivity contribution in [2.24, 2.45) is 0 Å². The topological polar surface area (TPSA) is 342 Å². The van der Waals surface area contributed by atoms with Crippen molar-refractivity contribution >= 4 is 17.8 Å². The Balaban J connectivity index is 1.36. The van der Waals surface area contributed by atoms with Crippen LogP contribution in [0.25, 0.3) is 11.1 Å². The van der Waals surface area contributed by atoms with Crippen LogP contribution in [0.2, 0.25) is 0 Å². The van der Waals surface area contributed by atoms with Gasteiger partial charge in [0.25, 0.3) is 5.91 Å². The molecule has 2 fully saturated rings. The van der Waals surface area contributed by atoms with Gasteiger partial charge >= 0.3 is 5.97 Å². The molecule has 12 N–H and O–H groups in total. The monoisotopic (exact) mass is 872 g/mol. The summed E-state index contributed by atoms with van der Waals surface area (Å²) in [4.78, 5) is 36.5. The van der Waals surface area contributed by atoms with E-state index in [4.69, 9.17) is 33.2 Å². The minimum Gasteiger partial charge on any atom is -0.484 e. The molecule has 2 amide bonds. The molecule has 2 saturated heterocycles. The van der Waals surface area contributed by atoms with E-state index in [0.717, 1.165) is 12.5 Å². The number of aliphatic hydroxyl groups is 9. The van der Waals surface area contributed by atoms with Crippen molar-refractivity contribution in [2.75, 3.05) is 46.2 Å². The van der Waals surface area contributed by atoms with Crippen molar-refractivity contribution in [1.29, 1.82) is 0 Å². The van der Waals surface area contributed by atoms with E-state index in [0.29, 0.717) is 5.56 Å². The molecule has 22 nitrogen and oxygen atoms in total. The Morgan fingerprint density at radius 3 is 2.13 bits per heavy atom. The lowest BCUT2D eigenvalue weighted by atomic mass is 9.95. The second kappa shape index (κ2) is 24.0. The van der Waals surface area contributed by atoms with Crippen LogP contribution in [0.5, 0.6) is 5.75 Å². The van der Waals surface area contributed by atoms with E-state index >= 15 is 0 Å². The number of ether oxygens (including phenoxy) is 7. The molecule has 342 valence electrons. The third-order valence-electron chi connectivity index (χ3n) is 9.71. The zero-order chi connectivity index (χ0) is 44.8. The Labute approximate surface area is 350 Å². The predicted molar refractivity (Wildman–Crippen MR) is 205 cm³/mol. The number of carbonyl (C=O) groups is 3. The molecule has 0 aromatic heterocycles. The van der Waals surface area contributed by atoms with E-state index in [1.54, 1.807) is 30.3 Å². The average molecular weight is 873 g/mol. The van der Waals surface area contributed by atoms with Crippen molar-refractivity contribution < 1.29 is 98.6 Å². The van der Waals surface area contributed by atoms with Crippen molar-refractivity contribution in [2.45, 2.75) is 106 Å². The molecule has 12 unspecified atom stereocenters. The van der Waals surface area contributed by atoms with Gasteiger partial charge in [-0.1, -0.05) is 30.3 Å². The maximum absolute atomic E-state index is 12.6. The maximum Gasteiger partial charge on any atom is 0.335 e. The van der Waals surface area contributed by atoms with Gasteiger partial charge in [-0.25, -0.2) is 4.79 Å². The summed E-state index contributed by atoms with van der Waals surface area (Å²) in [6.45, 7) is -1.42. The second-order valence-electron chi connectivity index (χ2n) is 14.3. The number of carboxylic acid groups (broad SMARTS) is 1. The van der Waals surface area contributed by atoms with Crippen molar-refractivity contribution in [3.8, 4) is 16.9 Å². The molecule has 2 aliphatic rings. The van der Waals surface area contributed by atoms with Gasteiger partial charge in [0, 0.05) is 13.5 Å². The van der Waals surface area contributed by atoms with Gasteiger partial charge in [0.15, 0.2) is 25.5 Å². The van der Waals surface area contributed by atoms with E-state index in [-0.39, 0.29) is 30.9 Å². The van der Waals surface area contributed by atoms with E-state index in [1.807, 2.05) is 6.07 Å². The summed E-state index contributed by atoms with van der Waals surface area (Å²) >= 11 is 0. The SMILES string of the molecule is CC(=O)NC1C(OCCCNC(=O)COc2cc(C(=O)O)cc(-c3ccccc3)c2)OC(CO)C(OC2OC(CO)C(O)C(OC(OC(CO)[C@@H](C)O)[C@@H](O)CO)C2O)C1O. The minimum atomic E-state index is -1.99. The van der Waals surface area contributed by atoms with Crippen LogP contribution in [0.1, 0.15) is 30.6 Å². The zero-order valence-corrected chi connectivity index (χ0v) is 33.4. The van der Waals surface area contributed by atoms with E-state index in [2.05, 4.69) is 10.6 Å². The van der Waals surface area contributed by atoms with Crippen LogP contribution in [-0.4, -0.2) is 201 Å². The fourth-order valence-corrected chi connectivity index (χ4v) is 6.49. The van der Waals surface area contributed by atoms with E-state index < -0.39 is 137 Å². The van der Waals surface area contributed by atoms with Crippen molar-refractivity contribution in [1.82, 2.24) is 10.6 Å².